The molecule has 0 fully saturated rings. The van der Waals surface area contributed by atoms with Crippen LogP contribution in [0.3, 0.4) is 0 Å². The van der Waals surface area contributed by atoms with Crippen molar-refractivity contribution in [1.82, 2.24) is 5.32 Å². The Morgan fingerprint density at radius 3 is 2.67 bits per heavy atom. The minimum atomic E-state index is -0.818. The van der Waals surface area contributed by atoms with E-state index < -0.39 is 6.04 Å². The molecule has 0 spiro atoms. The zero-order valence-corrected chi connectivity index (χ0v) is 15.3. The van der Waals surface area contributed by atoms with Crippen LogP contribution in [0.25, 0.3) is 0 Å². The highest BCUT2D eigenvalue weighted by Gasteiger charge is 2.27. The number of anilines is 2. The molecule has 7 heteroatoms. The molecule has 27 heavy (non-hydrogen) atoms. The smallest absolute Gasteiger partial charge is 0.249 e. The number of aliphatic imine (C=N–C) groups is 1. The molecule has 2 aromatic carbocycles. The molecule has 1 atom stereocenters. The lowest BCUT2D eigenvalue weighted by atomic mass is 10.1. The summed E-state index contributed by atoms with van der Waals surface area (Å²) in [5.41, 5.74) is 2.54. The van der Waals surface area contributed by atoms with Crippen LogP contribution in [0.1, 0.15) is 18.9 Å². The minimum Gasteiger partial charge on any atom is -0.495 e. The van der Waals surface area contributed by atoms with Crippen molar-refractivity contribution in [2.24, 2.45) is 4.99 Å². The van der Waals surface area contributed by atoms with E-state index in [1.54, 1.807) is 18.2 Å². The fourth-order valence-electron chi connectivity index (χ4n) is 2.73. The maximum Gasteiger partial charge on any atom is 0.249 e. The predicted molar refractivity (Wildman–Crippen MR) is 105 cm³/mol. The highest BCUT2D eigenvalue weighted by molar-refractivity contribution is 6.10. The van der Waals surface area contributed by atoms with Gasteiger partial charge in [-0.1, -0.05) is 31.2 Å². The molecule has 2 amide bonds. The largest absolute Gasteiger partial charge is 0.495 e. The van der Waals surface area contributed by atoms with E-state index in [1.807, 2.05) is 30.3 Å². The van der Waals surface area contributed by atoms with E-state index in [9.17, 15) is 9.59 Å². The van der Waals surface area contributed by atoms with E-state index in [0.29, 0.717) is 11.4 Å². The zero-order chi connectivity index (χ0) is 19.2. The molecule has 0 aromatic heterocycles. The summed E-state index contributed by atoms with van der Waals surface area (Å²) >= 11 is 0. The van der Waals surface area contributed by atoms with Gasteiger partial charge in [-0.3, -0.25) is 14.9 Å². The van der Waals surface area contributed by atoms with Crippen molar-refractivity contribution in [3.63, 3.8) is 0 Å². The number of ether oxygens (including phenoxy) is 1. The molecule has 0 saturated heterocycles. The van der Waals surface area contributed by atoms with Crippen LogP contribution in [0.15, 0.2) is 53.5 Å². The summed E-state index contributed by atoms with van der Waals surface area (Å²) in [5.74, 6) is 0.174. The number of carbonyl (C=O) groups excluding carboxylic acids is 2. The van der Waals surface area contributed by atoms with E-state index in [0.717, 1.165) is 12.1 Å². The zero-order valence-electron chi connectivity index (χ0n) is 15.3. The Hall–Kier alpha value is -3.35. The van der Waals surface area contributed by atoms with Gasteiger partial charge < -0.3 is 15.4 Å². The van der Waals surface area contributed by atoms with Gasteiger partial charge >= 0.3 is 0 Å². The summed E-state index contributed by atoms with van der Waals surface area (Å²) < 4.78 is 5.23. The van der Waals surface area contributed by atoms with Gasteiger partial charge in [0.2, 0.25) is 17.8 Å². The summed E-state index contributed by atoms with van der Waals surface area (Å²) in [6.45, 7) is 2.08. The number of rotatable bonds is 5. The van der Waals surface area contributed by atoms with Gasteiger partial charge in [0.05, 0.1) is 19.2 Å². The van der Waals surface area contributed by atoms with Crippen molar-refractivity contribution >= 4 is 29.1 Å². The van der Waals surface area contributed by atoms with Gasteiger partial charge in [-0.2, -0.15) is 0 Å². The molecule has 1 heterocycles. The molecule has 1 unspecified atom stereocenters. The highest BCUT2D eigenvalue weighted by Crippen LogP contribution is 2.23. The normalized spacial score (nSPS) is 16.1. The van der Waals surface area contributed by atoms with E-state index >= 15 is 0 Å². The summed E-state index contributed by atoms with van der Waals surface area (Å²) in [6.07, 6.45) is 0.935. The summed E-state index contributed by atoms with van der Waals surface area (Å²) in [6, 6.07) is 14.1. The van der Waals surface area contributed by atoms with Gasteiger partial charge in [-0.25, -0.2) is 4.99 Å². The summed E-state index contributed by atoms with van der Waals surface area (Å²) in [5, 5.41) is 8.48. The molecule has 0 bridgehead atoms. The van der Waals surface area contributed by atoms with Gasteiger partial charge in [0.25, 0.3) is 0 Å². The number of benzene rings is 2. The fourth-order valence-corrected chi connectivity index (χ4v) is 2.73. The lowest BCUT2D eigenvalue weighted by Gasteiger charge is -2.21. The van der Waals surface area contributed by atoms with Gasteiger partial charge in [0, 0.05) is 5.69 Å². The average Bonchev–Trinajstić information content (AvgIpc) is 2.68. The van der Waals surface area contributed by atoms with Crippen LogP contribution < -0.4 is 20.7 Å². The fraction of sp³-hybridized carbons (Fsp3) is 0.250. The van der Waals surface area contributed by atoms with Crippen molar-refractivity contribution in [3.8, 4) is 5.75 Å². The van der Waals surface area contributed by atoms with Gasteiger partial charge in [0.1, 0.15) is 11.8 Å². The monoisotopic (exact) mass is 366 g/mol. The van der Waals surface area contributed by atoms with Crippen LogP contribution in [0, 0.1) is 0 Å². The van der Waals surface area contributed by atoms with E-state index in [2.05, 4.69) is 27.9 Å². The van der Waals surface area contributed by atoms with Crippen LogP contribution in [-0.4, -0.2) is 30.9 Å². The van der Waals surface area contributed by atoms with E-state index in [4.69, 9.17) is 4.74 Å². The first-order valence-electron chi connectivity index (χ1n) is 8.76. The average molecular weight is 366 g/mol. The first-order chi connectivity index (χ1) is 13.1. The molecule has 2 aromatic rings. The standard InChI is InChI=1S/C20H22N4O3/c1-3-13-8-10-14(11-9-13)21-20-23-16(12-18(25)24-20)19(26)22-15-6-4-5-7-17(15)27-2/h4-11,16H,3,12H2,1-2H3,(H,22,26)(H2,21,23,24,25). The van der Waals surface area contributed by atoms with Crippen molar-refractivity contribution in [2.45, 2.75) is 25.8 Å². The number of para-hydroxylation sites is 2. The van der Waals surface area contributed by atoms with Crippen LogP contribution in [0.2, 0.25) is 0 Å². The number of carbonyl (C=O) groups is 2. The first-order valence-corrected chi connectivity index (χ1v) is 8.76. The first kappa shape index (κ1) is 18.4. The third kappa shape index (κ3) is 4.63. The van der Waals surface area contributed by atoms with Crippen molar-refractivity contribution in [1.29, 1.82) is 0 Å². The molecule has 1 aliphatic rings. The van der Waals surface area contributed by atoms with Crippen molar-refractivity contribution < 1.29 is 14.3 Å². The predicted octanol–water partition coefficient (Wildman–Crippen LogP) is 2.55. The number of nitrogens with zero attached hydrogens (tertiary/aromatic N) is 1. The number of hydrogen-bond acceptors (Lipinski definition) is 5. The molecule has 7 nitrogen and oxygen atoms in total. The number of nitrogens with one attached hydrogen (secondary N) is 3. The molecule has 0 radical (unpaired) electrons. The molecule has 0 aliphatic carbocycles. The molecule has 3 N–H and O–H groups in total. The van der Waals surface area contributed by atoms with Crippen molar-refractivity contribution in [3.05, 3.63) is 54.1 Å². The van der Waals surface area contributed by atoms with Gasteiger partial charge in [-0.05, 0) is 36.2 Å². The summed E-state index contributed by atoms with van der Waals surface area (Å²) in [7, 11) is 1.53. The van der Waals surface area contributed by atoms with E-state index in [1.165, 1.54) is 12.7 Å². The topological polar surface area (TPSA) is 91.8 Å². The van der Waals surface area contributed by atoms with Crippen molar-refractivity contribution in [2.75, 3.05) is 17.7 Å². The molecular weight excluding hydrogens is 344 g/mol. The maximum atomic E-state index is 12.6. The SMILES string of the molecule is CCc1ccc(NC2=NC(C(=O)Nc3ccccc3OC)CC(=O)N2)cc1. The highest BCUT2D eigenvalue weighted by atomic mass is 16.5. The van der Waals surface area contributed by atoms with Crippen LogP contribution in [-0.2, 0) is 16.0 Å². The van der Waals surface area contributed by atoms with Crippen LogP contribution >= 0.6 is 0 Å². The number of aryl methyl sites for hydroxylation is 1. The quantitative estimate of drug-likeness (QED) is 0.758. The Bertz CT molecular complexity index is 862. The number of amides is 2. The molecule has 140 valence electrons. The molecule has 1 aliphatic heterocycles. The number of guanidine groups is 1. The Balaban J connectivity index is 1.73. The number of hydrogen-bond donors (Lipinski definition) is 3. The second-order valence-electron chi connectivity index (χ2n) is 6.11. The Labute approximate surface area is 157 Å². The van der Waals surface area contributed by atoms with Crippen LogP contribution in [0.5, 0.6) is 5.75 Å². The Morgan fingerprint density at radius 2 is 1.96 bits per heavy atom. The Morgan fingerprint density at radius 1 is 1.22 bits per heavy atom. The van der Waals surface area contributed by atoms with E-state index in [-0.39, 0.29) is 24.2 Å². The van der Waals surface area contributed by atoms with Crippen LogP contribution in [0.4, 0.5) is 11.4 Å². The maximum absolute atomic E-state index is 12.6. The Kier molecular flexibility index (Phi) is 5.71. The molecule has 3 rings (SSSR count). The minimum absolute atomic E-state index is 0.0130. The third-order valence-corrected chi connectivity index (χ3v) is 4.21. The lowest BCUT2D eigenvalue weighted by Crippen LogP contribution is -2.45. The third-order valence-electron chi connectivity index (χ3n) is 4.21. The number of methoxy groups -OCH3 is 1. The second-order valence-corrected chi connectivity index (χ2v) is 6.11. The second kappa shape index (κ2) is 8.35. The molecule has 0 saturated carbocycles. The molecular formula is C20H22N4O3. The lowest BCUT2D eigenvalue weighted by molar-refractivity contribution is -0.124. The van der Waals surface area contributed by atoms with Gasteiger partial charge in [-0.15, -0.1) is 0 Å². The van der Waals surface area contributed by atoms with Gasteiger partial charge in [0.15, 0.2) is 0 Å². The summed E-state index contributed by atoms with van der Waals surface area (Å²) in [4.78, 5) is 28.9.